The van der Waals surface area contributed by atoms with E-state index in [9.17, 15) is 24.4 Å². The van der Waals surface area contributed by atoms with Gasteiger partial charge in [0.25, 0.3) is 0 Å². The third-order valence-corrected chi connectivity index (χ3v) is 9.23. The van der Waals surface area contributed by atoms with Gasteiger partial charge < -0.3 is 20.7 Å². The highest BCUT2D eigenvalue weighted by Gasteiger charge is 2.54. The smallest absolute Gasteiger partial charge is 0.395 e. The molecule has 2 aromatic rings. The zero-order chi connectivity index (χ0) is 28.8. The molecule has 0 saturated carbocycles. The molecule has 5 unspecified atom stereocenters. The Morgan fingerprint density at radius 3 is 2.67 bits per heavy atom. The molecule has 3 rings (SSSR count). The Bertz CT molecular complexity index is 1230. The van der Waals surface area contributed by atoms with Crippen LogP contribution in [0.2, 0.25) is 0 Å². The second kappa shape index (κ2) is 13.2. The van der Waals surface area contributed by atoms with Crippen molar-refractivity contribution in [2.45, 2.75) is 50.6 Å². The number of rotatable bonds is 13. The van der Waals surface area contributed by atoms with Gasteiger partial charge in [-0.15, -0.1) is 11.6 Å². The Labute approximate surface area is 235 Å². The summed E-state index contributed by atoms with van der Waals surface area (Å²) in [7, 11) is -3.98. The lowest BCUT2D eigenvalue weighted by Gasteiger charge is -2.26. The molecular weight excluding hydrogens is 571 g/mol. The van der Waals surface area contributed by atoms with Crippen LogP contribution in [0.4, 0.5) is 5.82 Å². The molecule has 1 saturated heterocycles. The van der Waals surface area contributed by atoms with Crippen LogP contribution in [0, 0.1) is 5.41 Å². The van der Waals surface area contributed by atoms with Crippen LogP contribution in [0.1, 0.15) is 32.6 Å². The van der Waals surface area contributed by atoms with E-state index < -0.39 is 42.2 Å². The lowest BCUT2D eigenvalue weighted by atomic mass is 9.97. The molecule has 0 amide bonds. The highest BCUT2D eigenvalue weighted by molar-refractivity contribution is 8.13. The van der Waals surface area contributed by atoms with Crippen LogP contribution < -0.4 is 16.5 Å². The van der Waals surface area contributed by atoms with E-state index >= 15 is 0 Å². The van der Waals surface area contributed by atoms with Gasteiger partial charge in [-0.1, -0.05) is 42.1 Å². The second-order valence-corrected chi connectivity index (χ2v) is 13.5. The highest BCUT2D eigenvalue weighted by atomic mass is 35.5. The SMILES string of the molecule is CC(C)(CO)C(=O)SCCOP(=O)(NCc1ccccc1)OCC1OC(n2ccc(N)nc2=O)C(C)(Cl)C1O. The lowest BCUT2D eigenvalue weighted by molar-refractivity contribution is -0.119. The summed E-state index contributed by atoms with van der Waals surface area (Å²) in [5.74, 6) is 0.188. The number of halogens is 1. The Hall–Kier alpha value is -1.80. The largest absolute Gasteiger partial charge is 0.405 e. The molecule has 5 N–H and O–H groups in total. The number of alkyl halides is 1. The van der Waals surface area contributed by atoms with Gasteiger partial charge in [0.15, 0.2) is 11.3 Å². The molecule has 0 radical (unpaired) electrons. The van der Waals surface area contributed by atoms with Crippen molar-refractivity contribution in [2.75, 3.05) is 31.3 Å². The predicted octanol–water partition coefficient (Wildman–Crippen LogP) is 2.29. The quantitative estimate of drug-likeness (QED) is 0.149. The molecule has 5 atom stereocenters. The van der Waals surface area contributed by atoms with Crippen LogP contribution in [-0.4, -0.2) is 67.5 Å². The van der Waals surface area contributed by atoms with E-state index in [4.69, 9.17) is 31.1 Å². The molecular formula is C24H34ClN4O8PS. The standard InChI is InChI=1S/C24H34ClN4O8PS/c1-23(2,15-30)21(32)39-12-11-35-38(34,27-13-16-7-5-4-6-8-16)36-14-17-19(31)24(3,25)20(37-17)29-10-9-18(26)28-22(29)33/h4-10,17,19-20,30-31H,11-15H2,1-3H3,(H,27,34)(H2,26,28,33). The van der Waals surface area contributed by atoms with Crippen molar-refractivity contribution in [3.05, 3.63) is 58.6 Å². The minimum Gasteiger partial charge on any atom is -0.395 e. The van der Waals surface area contributed by atoms with Gasteiger partial charge in [0.1, 0.15) is 22.9 Å². The number of anilines is 1. The number of nitrogens with zero attached hydrogens (tertiary/aromatic N) is 2. The Morgan fingerprint density at radius 2 is 2.03 bits per heavy atom. The number of nitrogen functional groups attached to an aromatic ring is 1. The van der Waals surface area contributed by atoms with E-state index in [1.165, 1.54) is 19.2 Å². The summed E-state index contributed by atoms with van der Waals surface area (Å²) >= 11 is 7.53. The number of benzene rings is 1. The summed E-state index contributed by atoms with van der Waals surface area (Å²) in [6.45, 7) is 4.10. The first-order valence-electron chi connectivity index (χ1n) is 12.1. The summed E-state index contributed by atoms with van der Waals surface area (Å²) < 4.78 is 31.8. The second-order valence-electron chi connectivity index (χ2n) is 9.79. The maximum Gasteiger partial charge on any atom is 0.405 e. The average molecular weight is 605 g/mol. The summed E-state index contributed by atoms with van der Waals surface area (Å²) in [5.41, 5.74) is 4.75. The van der Waals surface area contributed by atoms with Crippen LogP contribution in [0.5, 0.6) is 0 Å². The molecule has 15 heteroatoms. The van der Waals surface area contributed by atoms with Crippen molar-refractivity contribution < 1.29 is 33.4 Å². The van der Waals surface area contributed by atoms with E-state index in [0.717, 1.165) is 21.9 Å². The lowest BCUT2D eigenvalue weighted by Crippen LogP contribution is -2.42. The molecule has 1 fully saturated rings. The van der Waals surface area contributed by atoms with E-state index in [1.54, 1.807) is 13.8 Å². The number of nitrogens with one attached hydrogen (secondary N) is 1. The molecule has 1 aliphatic heterocycles. The van der Waals surface area contributed by atoms with Gasteiger partial charge in [-0.2, -0.15) is 4.98 Å². The number of ether oxygens (including phenoxy) is 1. The van der Waals surface area contributed by atoms with Gasteiger partial charge in [0.05, 0.1) is 25.2 Å². The van der Waals surface area contributed by atoms with Gasteiger partial charge >= 0.3 is 13.4 Å². The van der Waals surface area contributed by atoms with Crippen molar-refractivity contribution >= 4 is 42.0 Å². The van der Waals surface area contributed by atoms with E-state index in [-0.39, 0.29) is 43.1 Å². The van der Waals surface area contributed by atoms with Crippen LogP contribution in [0.25, 0.3) is 0 Å². The fourth-order valence-electron chi connectivity index (χ4n) is 3.59. The number of carbonyl (C=O) groups is 1. The molecule has 39 heavy (non-hydrogen) atoms. The first kappa shape index (κ1) is 31.7. The van der Waals surface area contributed by atoms with Crippen molar-refractivity contribution in [2.24, 2.45) is 5.41 Å². The van der Waals surface area contributed by atoms with E-state index in [0.29, 0.717) is 0 Å². The minimum atomic E-state index is -3.98. The molecule has 0 bridgehead atoms. The zero-order valence-corrected chi connectivity index (χ0v) is 24.3. The van der Waals surface area contributed by atoms with E-state index in [2.05, 4.69) is 10.1 Å². The fraction of sp³-hybridized carbons (Fsp3) is 0.542. The molecule has 1 aromatic carbocycles. The topological polar surface area (TPSA) is 175 Å². The van der Waals surface area contributed by atoms with Gasteiger partial charge in [0, 0.05) is 18.5 Å². The van der Waals surface area contributed by atoms with Crippen molar-refractivity contribution in [1.82, 2.24) is 14.6 Å². The van der Waals surface area contributed by atoms with Crippen LogP contribution in [0.15, 0.2) is 47.4 Å². The monoisotopic (exact) mass is 604 g/mol. The number of thioether (sulfide) groups is 1. The molecule has 2 heterocycles. The Morgan fingerprint density at radius 1 is 1.33 bits per heavy atom. The zero-order valence-electron chi connectivity index (χ0n) is 21.9. The first-order chi connectivity index (χ1) is 18.3. The number of aliphatic hydroxyl groups is 2. The Kier molecular flexibility index (Phi) is 10.8. The van der Waals surface area contributed by atoms with Crippen LogP contribution >= 0.6 is 31.1 Å². The Balaban J connectivity index is 1.68. The predicted molar refractivity (Wildman–Crippen MR) is 148 cm³/mol. The number of nitrogens with two attached hydrogens (primary N) is 1. The minimum absolute atomic E-state index is 0.0216. The highest BCUT2D eigenvalue weighted by Crippen LogP contribution is 2.47. The number of hydrogen-bond donors (Lipinski definition) is 4. The molecule has 0 spiro atoms. The third-order valence-electron chi connectivity index (χ3n) is 6.08. The third kappa shape index (κ3) is 8.12. The van der Waals surface area contributed by atoms with E-state index in [1.807, 2.05) is 30.3 Å². The summed E-state index contributed by atoms with van der Waals surface area (Å²) in [6, 6.07) is 10.6. The number of carbonyl (C=O) groups excluding carboxylic acids is 1. The summed E-state index contributed by atoms with van der Waals surface area (Å²) in [6.07, 6.45) is -2.14. The molecule has 1 aromatic heterocycles. The van der Waals surface area contributed by atoms with Gasteiger partial charge in [-0.05, 0) is 32.4 Å². The molecule has 12 nitrogen and oxygen atoms in total. The number of hydrogen-bond acceptors (Lipinski definition) is 11. The maximum atomic E-state index is 13.6. The normalized spacial score (nSPS) is 24.9. The molecule has 216 valence electrons. The van der Waals surface area contributed by atoms with Gasteiger partial charge in [-0.3, -0.25) is 18.4 Å². The fourth-order valence-corrected chi connectivity index (χ4v) is 6.13. The maximum absolute atomic E-state index is 13.6. The van der Waals surface area contributed by atoms with Crippen LogP contribution in [-0.2, 0) is 29.7 Å². The van der Waals surface area contributed by atoms with Gasteiger partial charge in [-0.25, -0.2) is 14.4 Å². The summed E-state index contributed by atoms with van der Waals surface area (Å²) in [5, 5.41) is 22.8. The average Bonchev–Trinajstić information content (AvgIpc) is 3.13. The number of aromatic nitrogens is 2. The van der Waals surface area contributed by atoms with Crippen molar-refractivity contribution in [1.29, 1.82) is 0 Å². The molecule has 0 aliphatic carbocycles. The van der Waals surface area contributed by atoms with Crippen molar-refractivity contribution in [3.8, 4) is 0 Å². The first-order valence-corrected chi connectivity index (χ1v) is 15.0. The summed E-state index contributed by atoms with van der Waals surface area (Å²) in [4.78, 5) is 26.8. The van der Waals surface area contributed by atoms with Crippen molar-refractivity contribution in [3.63, 3.8) is 0 Å². The van der Waals surface area contributed by atoms with Gasteiger partial charge in [0.2, 0.25) is 0 Å². The van der Waals surface area contributed by atoms with Crippen LogP contribution in [0.3, 0.4) is 0 Å². The number of aliphatic hydroxyl groups excluding tert-OH is 2. The molecule has 1 aliphatic rings.